The highest BCUT2D eigenvalue weighted by molar-refractivity contribution is 6.07. The van der Waals surface area contributed by atoms with Gasteiger partial charge in [-0.3, -0.25) is 9.59 Å². The van der Waals surface area contributed by atoms with Crippen LogP contribution >= 0.6 is 0 Å². The molecule has 0 radical (unpaired) electrons. The number of rotatable bonds is 6. The van der Waals surface area contributed by atoms with Gasteiger partial charge in [0.1, 0.15) is 5.75 Å². The first-order valence-electron chi connectivity index (χ1n) is 7.21. The van der Waals surface area contributed by atoms with Gasteiger partial charge in [-0.05, 0) is 31.2 Å². The maximum atomic E-state index is 12.0. The summed E-state index contributed by atoms with van der Waals surface area (Å²) in [5.74, 6) is -0.242. The minimum absolute atomic E-state index is 0.268. The first-order valence-corrected chi connectivity index (χ1v) is 7.21. The van der Waals surface area contributed by atoms with Gasteiger partial charge in [-0.2, -0.15) is 0 Å². The molecule has 0 bridgehead atoms. The van der Waals surface area contributed by atoms with Crippen molar-refractivity contribution < 1.29 is 14.3 Å². The third-order valence-electron chi connectivity index (χ3n) is 3.08. The molecular weight excluding hydrogens is 292 g/mol. The van der Waals surface area contributed by atoms with E-state index in [-0.39, 0.29) is 11.5 Å². The van der Waals surface area contributed by atoms with Gasteiger partial charge in [0, 0.05) is 11.6 Å². The summed E-state index contributed by atoms with van der Waals surface area (Å²) in [6.45, 7) is 2.44. The van der Waals surface area contributed by atoms with E-state index in [1.54, 1.807) is 30.3 Å². The number of carbonyl (C=O) groups is 2. The Labute approximate surface area is 134 Å². The Morgan fingerprint density at radius 3 is 2.57 bits per heavy atom. The predicted molar refractivity (Wildman–Crippen MR) is 90.2 cm³/mol. The Hall–Kier alpha value is -3.08. The van der Waals surface area contributed by atoms with E-state index in [1.165, 1.54) is 6.08 Å². The minimum atomic E-state index is -0.591. The topological polar surface area (TPSA) is 81.4 Å². The van der Waals surface area contributed by atoms with Crippen LogP contribution in [-0.4, -0.2) is 18.4 Å². The number of hydrogen-bond donors (Lipinski definition) is 2. The Bertz CT molecular complexity index is 739. The van der Waals surface area contributed by atoms with Crippen LogP contribution in [0, 0.1) is 0 Å². The molecule has 0 spiro atoms. The number of benzene rings is 2. The standard InChI is InChI=1S/C18H18N2O3/c1-2-23-16-10-6-3-7-13(16)11-12-17(21)20-15-9-5-4-8-14(15)18(19)22/h3-12H,2H2,1H3,(H2,19,22)(H,20,21)/b12-11+. The molecule has 23 heavy (non-hydrogen) atoms. The lowest BCUT2D eigenvalue weighted by atomic mass is 10.1. The maximum Gasteiger partial charge on any atom is 0.250 e. The average molecular weight is 310 g/mol. The molecule has 3 N–H and O–H groups in total. The molecule has 5 nitrogen and oxygen atoms in total. The molecule has 2 aromatic carbocycles. The summed E-state index contributed by atoms with van der Waals surface area (Å²) >= 11 is 0. The van der Waals surface area contributed by atoms with Gasteiger partial charge in [0.25, 0.3) is 5.91 Å². The highest BCUT2D eigenvalue weighted by Crippen LogP contribution is 2.19. The van der Waals surface area contributed by atoms with Gasteiger partial charge in [0.15, 0.2) is 0 Å². The smallest absolute Gasteiger partial charge is 0.250 e. The zero-order valence-electron chi connectivity index (χ0n) is 12.8. The molecule has 2 amide bonds. The minimum Gasteiger partial charge on any atom is -0.493 e. The molecule has 0 fully saturated rings. The molecule has 0 atom stereocenters. The number of amides is 2. The molecule has 0 aliphatic heterocycles. The summed E-state index contributed by atoms with van der Waals surface area (Å²) < 4.78 is 5.49. The fourth-order valence-corrected chi connectivity index (χ4v) is 2.05. The highest BCUT2D eigenvalue weighted by atomic mass is 16.5. The van der Waals surface area contributed by atoms with E-state index in [0.717, 1.165) is 5.56 Å². The molecule has 2 rings (SSSR count). The van der Waals surface area contributed by atoms with Crippen LogP contribution in [0.3, 0.4) is 0 Å². The first kappa shape index (κ1) is 16.3. The van der Waals surface area contributed by atoms with Gasteiger partial charge >= 0.3 is 0 Å². The van der Waals surface area contributed by atoms with Crippen LogP contribution < -0.4 is 15.8 Å². The van der Waals surface area contributed by atoms with Crippen molar-refractivity contribution in [3.05, 3.63) is 65.7 Å². The van der Waals surface area contributed by atoms with Crippen LogP contribution in [-0.2, 0) is 4.79 Å². The molecule has 0 saturated carbocycles. The summed E-state index contributed by atoms with van der Waals surface area (Å²) in [5, 5.41) is 2.65. The van der Waals surface area contributed by atoms with Crippen LogP contribution in [0.4, 0.5) is 5.69 Å². The number of nitrogens with one attached hydrogen (secondary N) is 1. The molecular formula is C18H18N2O3. The Kier molecular flexibility index (Phi) is 5.52. The third-order valence-corrected chi connectivity index (χ3v) is 3.08. The van der Waals surface area contributed by atoms with E-state index in [4.69, 9.17) is 10.5 Å². The van der Waals surface area contributed by atoms with E-state index < -0.39 is 5.91 Å². The second-order valence-corrected chi connectivity index (χ2v) is 4.70. The van der Waals surface area contributed by atoms with Crippen LogP contribution in [0.15, 0.2) is 54.6 Å². The van der Waals surface area contributed by atoms with E-state index in [0.29, 0.717) is 18.0 Å². The zero-order chi connectivity index (χ0) is 16.7. The second kappa shape index (κ2) is 7.79. The van der Waals surface area contributed by atoms with Crippen molar-refractivity contribution in [2.24, 2.45) is 5.73 Å². The number of carbonyl (C=O) groups excluding carboxylic acids is 2. The van der Waals surface area contributed by atoms with Crippen LogP contribution in [0.25, 0.3) is 6.08 Å². The summed E-state index contributed by atoms with van der Waals surface area (Å²) in [6.07, 6.45) is 3.04. The summed E-state index contributed by atoms with van der Waals surface area (Å²) in [4.78, 5) is 23.4. The normalized spacial score (nSPS) is 10.5. The number of ether oxygens (including phenoxy) is 1. The van der Waals surface area contributed by atoms with Crippen LogP contribution in [0.5, 0.6) is 5.75 Å². The van der Waals surface area contributed by atoms with Crippen molar-refractivity contribution in [3.63, 3.8) is 0 Å². The molecule has 0 unspecified atom stereocenters. The molecule has 0 aromatic heterocycles. The fraction of sp³-hybridized carbons (Fsp3) is 0.111. The maximum absolute atomic E-state index is 12.0. The number of anilines is 1. The number of nitrogens with two attached hydrogens (primary N) is 1. The lowest BCUT2D eigenvalue weighted by Crippen LogP contribution is -2.16. The molecule has 0 aliphatic rings. The number of primary amides is 1. The fourth-order valence-electron chi connectivity index (χ4n) is 2.05. The Morgan fingerprint density at radius 2 is 1.83 bits per heavy atom. The first-order chi connectivity index (χ1) is 11.1. The van der Waals surface area contributed by atoms with Crippen molar-refractivity contribution in [2.45, 2.75) is 6.92 Å². The zero-order valence-corrected chi connectivity index (χ0v) is 12.8. The SMILES string of the molecule is CCOc1ccccc1/C=C/C(=O)Nc1ccccc1C(N)=O. The molecule has 2 aromatic rings. The summed E-state index contributed by atoms with van der Waals surface area (Å²) in [5.41, 5.74) is 6.73. The van der Waals surface area contributed by atoms with Gasteiger partial charge in [0.05, 0.1) is 17.9 Å². The van der Waals surface area contributed by atoms with Gasteiger partial charge in [-0.15, -0.1) is 0 Å². The summed E-state index contributed by atoms with van der Waals surface area (Å²) in [6, 6.07) is 14.0. The third kappa shape index (κ3) is 4.44. The Morgan fingerprint density at radius 1 is 1.13 bits per heavy atom. The van der Waals surface area contributed by atoms with Gasteiger partial charge < -0.3 is 15.8 Å². The van der Waals surface area contributed by atoms with Gasteiger partial charge in [0.2, 0.25) is 5.91 Å². The van der Waals surface area contributed by atoms with Crippen molar-refractivity contribution in [2.75, 3.05) is 11.9 Å². The second-order valence-electron chi connectivity index (χ2n) is 4.70. The van der Waals surface area contributed by atoms with E-state index >= 15 is 0 Å². The lowest BCUT2D eigenvalue weighted by Gasteiger charge is -2.07. The van der Waals surface area contributed by atoms with Crippen molar-refractivity contribution >= 4 is 23.6 Å². The average Bonchev–Trinajstić information content (AvgIpc) is 2.54. The molecule has 0 aliphatic carbocycles. The molecule has 0 heterocycles. The van der Waals surface area contributed by atoms with Crippen molar-refractivity contribution in [3.8, 4) is 5.75 Å². The summed E-state index contributed by atoms with van der Waals surface area (Å²) in [7, 11) is 0. The van der Waals surface area contributed by atoms with E-state index in [9.17, 15) is 9.59 Å². The van der Waals surface area contributed by atoms with Crippen LogP contribution in [0.1, 0.15) is 22.8 Å². The quantitative estimate of drug-likeness (QED) is 0.805. The molecule has 0 saturated heterocycles. The Balaban J connectivity index is 2.13. The van der Waals surface area contributed by atoms with E-state index in [1.807, 2.05) is 31.2 Å². The number of para-hydroxylation sites is 2. The van der Waals surface area contributed by atoms with E-state index in [2.05, 4.69) is 5.32 Å². The van der Waals surface area contributed by atoms with Crippen molar-refractivity contribution in [1.29, 1.82) is 0 Å². The van der Waals surface area contributed by atoms with Gasteiger partial charge in [-0.1, -0.05) is 30.3 Å². The molecule has 5 heteroatoms. The molecule has 118 valence electrons. The van der Waals surface area contributed by atoms with Crippen molar-refractivity contribution in [1.82, 2.24) is 0 Å². The monoisotopic (exact) mass is 310 g/mol. The lowest BCUT2D eigenvalue weighted by molar-refractivity contribution is -0.111. The largest absolute Gasteiger partial charge is 0.493 e. The van der Waals surface area contributed by atoms with Gasteiger partial charge in [-0.25, -0.2) is 0 Å². The number of hydrogen-bond acceptors (Lipinski definition) is 3. The predicted octanol–water partition coefficient (Wildman–Crippen LogP) is 2.84. The highest BCUT2D eigenvalue weighted by Gasteiger charge is 2.08. The van der Waals surface area contributed by atoms with Crippen LogP contribution in [0.2, 0.25) is 0 Å².